The molecule has 2 aromatic heterocycles. The molecule has 0 saturated heterocycles. The summed E-state index contributed by atoms with van der Waals surface area (Å²) in [5.41, 5.74) is 4.39. The number of rotatable bonds is 11. The van der Waals surface area contributed by atoms with Crippen molar-refractivity contribution in [3.63, 3.8) is 0 Å². The van der Waals surface area contributed by atoms with Gasteiger partial charge in [-0.3, -0.25) is 9.58 Å². The summed E-state index contributed by atoms with van der Waals surface area (Å²) in [6.45, 7) is 3.68. The van der Waals surface area contributed by atoms with Gasteiger partial charge in [-0.2, -0.15) is 15.3 Å². The lowest BCUT2D eigenvalue weighted by atomic mass is 9.90. The molecule has 3 aromatic carbocycles. The second-order valence-corrected chi connectivity index (χ2v) is 15.4. The van der Waals surface area contributed by atoms with E-state index in [1.54, 1.807) is 42.8 Å². The summed E-state index contributed by atoms with van der Waals surface area (Å²) >= 11 is 0. The van der Waals surface area contributed by atoms with Crippen LogP contribution in [0.4, 0.5) is 27.9 Å². The number of para-hydroxylation sites is 1. The fourth-order valence-corrected chi connectivity index (χ4v) is 7.43. The molecule has 6 rings (SSSR count). The van der Waals surface area contributed by atoms with E-state index in [1.807, 2.05) is 78.9 Å². The van der Waals surface area contributed by atoms with E-state index in [-0.39, 0.29) is 34.4 Å². The Balaban J connectivity index is 1.17. The van der Waals surface area contributed by atoms with E-state index in [2.05, 4.69) is 37.1 Å². The van der Waals surface area contributed by atoms with Gasteiger partial charge in [-0.25, -0.2) is 18.2 Å². The van der Waals surface area contributed by atoms with E-state index in [1.165, 1.54) is 6.20 Å². The maximum atomic E-state index is 13.8. The van der Waals surface area contributed by atoms with Crippen LogP contribution in [-0.4, -0.2) is 51.5 Å². The minimum atomic E-state index is -3.59. The fraction of sp³-hybridized carbons (Fsp3) is 0.289. The van der Waals surface area contributed by atoms with Crippen LogP contribution < -0.4 is 20.9 Å². The Bertz CT molecular complexity index is 2120. The van der Waals surface area contributed by atoms with Gasteiger partial charge in [-0.05, 0) is 74.9 Å². The first kappa shape index (κ1) is 35.1. The summed E-state index contributed by atoms with van der Waals surface area (Å²) < 4.78 is 27.8. The normalized spacial score (nSPS) is 15.9. The van der Waals surface area contributed by atoms with Gasteiger partial charge in [0.1, 0.15) is 11.6 Å². The zero-order chi connectivity index (χ0) is 36.0. The number of aromatic nitrogens is 4. The largest absolute Gasteiger partial charge is 0.351 e. The summed E-state index contributed by atoms with van der Waals surface area (Å²) in [5.74, 6) is 0.540. The number of carbonyl (C=O) groups is 1. The Morgan fingerprint density at radius 3 is 2.33 bits per heavy atom. The Hall–Kier alpha value is -5.74. The molecule has 0 atom stereocenters. The molecule has 13 heteroatoms. The number of anilines is 4. The predicted molar refractivity (Wildman–Crippen MR) is 198 cm³/mol. The SMILES string of the molecule is CC(C)S(=O)(=O)c1ccccc1Nc1nc(NC2CCC(N(C(=O)NCc3ccccc3)c3ccc(-c4cnn(C)c4)cc3)CC2)ncc1C#N. The number of nitrogens with one attached hydrogen (secondary N) is 3. The van der Waals surface area contributed by atoms with Crippen LogP contribution in [-0.2, 0) is 23.4 Å². The number of sulfone groups is 1. The number of urea groups is 1. The van der Waals surface area contributed by atoms with Crippen LogP contribution in [0.25, 0.3) is 11.1 Å². The lowest BCUT2D eigenvalue weighted by Crippen LogP contribution is -2.48. The fourth-order valence-electron chi connectivity index (χ4n) is 6.23. The van der Waals surface area contributed by atoms with Gasteiger partial charge in [-0.15, -0.1) is 0 Å². The highest BCUT2D eigenvalue weighted by Crippen LogP contribution is 2.32. The molecule has 3 N–H and O–H groups in total. The molecule has 0 unspecified atom stereocenters. The lowest BCUT2D eigenvalue weighted by Gasteiger charge is -2.37. The van der Waals surface area contributed by atoms with E-state index >= 15 is 0 Å². The van der Waals surface area contributed by atoms with Gasteiger partial charge in [-0.1, -0.05) is 54.6 Å². The predicted octanol–water partition coefficient (Wildman–Crippen LogP) is 6.81. The van der Waals surface area contributed by atoms with Crippen LogP contribution in [0.5, 0.6) is 0 Å². The van der Waals surface area contributed by atoms with E-state index < -0.39 is 15.1 Å². The maximum Gasteiger partial charge on any atom is 0.322 e. The van der Waals surface area contributed by atoms with E-state index in [0.717, 1.165) is 48.1 Å². The number of benzene rings is 3. The van der Waals surface area contributed by atoms with Crippen LogP contribution in [0, 0.1) is 11.3 Å². The highest BCUT2D eigenvalue weighted by Gasteiger charge is 2.31. The van der Waals surface area contributed by atoms with E-state index in [0.29, 0.717) is 18.2 Å². The minimum Gasteiger partial charge on any atom is -0.351 e. The second-order valence-electron chi connectivity index (χ2n) is 12.9. The van der Waals surface area contributed by atoms with Gasteiger partial charge in [0.2, 0.25) is 5.95 Å². The first-order valence-corrected chi connectivity index (χ1v) is 18.5. The molecule has 0 radical (unpaired) electrons. The topological polar surface area (TPSA) is 158 Å². The number of hydrogen-bond donors (Lipinski definition) is 3. The summed E-state index contributed by atoms with van der Waals surface area (Å²) in [6, 6.07) is 26.4. The summed E-state index contributed by atoms with van der Waals surface area (Å²) in [7, 11) is -1.71. The summed E-state index contributed by atoms with van der Waals surface area (Å²) in [6.07, 6.45) is 8.19. The Labute approximate surface area is 298 Å². The molecular weight excluding hydrogens is 663 g/mol. The molecule has 1 saturated carbocycles. The van der Waals surface area contributed by atoms with Crippen molar-refractivity contribution in [1.29, 1.82) is 5.26 Å². The molecule has 1 aliphatic rings. The smallest absolute Gasteiger partial charge is 0.322 e. The third-order valence-electron chi connectivity index (χ3n) is 9.06. The molecule has 2 amide bonds. The van der Waals surface area contributed by atoms with Gasteiger partial charge in [0, 0.05) is 43.1 Å². The van der Waals surface area contributed by atoms with Crippen molar-refractivity contribution in [3.05, 3.63) is 109 Å². The first-order chi connectivity index (χ1) is 24.6. The van der Waals surface area contributed by atoms with Crippen molar-refractivity contribution in [2.45, 2.75) is 68.3 Å². The molecule has 2 heterocycles. The Morgan fingerprint density at radius 1 is 0.961 bits per heavy atom. The third kappa shape index (κ3) is 8.19. The second kappa shape index (κ2) is 15.4. The molecule has 262 valence electrons. The van der Waals surface area contributed by atoms with E-state index in [9.17, 15) is 18.5 Å². The van der Waals surface area contributed by atoms with Crippen LogP contribution >= 0.6 is 0 Å². The zero-order valence-electron chi connectivity index (χ0n) is 28.8. The molecule has 0 aliphatic heterocycles. The molecule has 51 heavy (non-hydrogen) atoms. The van der Waals surface area contributed by atoms with Gasteiger partial charge < -0.3 is 16.0 Å². The number of nitrogens with zero attached hydrogens (tertiary/aromatic N) is 6. The van der Waals surface area contributed by atoms with Crippen LogP contribution in [0.15, 0.2) is 102 Å². The highest BCUT2D eigenvalue weighted by molar-refractivity contribution is 7.92. The van der Waals surface area contributed by atoms with Crippen LogP contribution in [0.1, 0.15) is 50.7 Å². The number of nitriles is 1. The van der Waals surface area contributed by atoms with Crippen LogP contribution in [0.3, 0.4) is 0 Å². The van der Waals surface area contributed by atoms with Crippen LogP contribution in [0.2, 0.25) is 0 Å². The minimum absolute atomic E-state index is 0.0258. The maximum absolute atomic E-state index is 13.8. The van der Waals surface area contributed by atoms with Gasteiger partial charge in [0.25, 0.3) is 0 Å². The van der Waals surface area contributed by atoms with Crippen molar-refractivity contribution in [2.24, 2.45) is 7.05 Å². The number of aryl methyl sites for hydroxylation is 1. The molecule has 5 aromatic rings. The molecule has 0 spiro atoms. The monoisotopic (exact) mass is 703 g/mol. The van der Waals surface area contributed by atoms with Crippen molar-refractivity contribution >= 4 is 39.0 Å². The van der Waals surface area contributed by atoms with Gasteiger partial charge in [0.15, 0.2) is 15.7 Å². The van der Waals surface area contributed by atoms with Gasteiger partial charge >= 0.3 is 6.03 Å². The number of hydrogen-bond acceptors (Lipinski definition) is 9. The molecular formula is C38H41N9O3S. The summed E-state index contributed by atoms with van der Waals surface area (Å²) in [4.78, 5) is 24.8. The standard InChI is InChI=1S/C38H41N9O3S/c1-26(2)51(49,50)35-12-8-7-11-34(35)44-36-29(21-39)23-40-37(45-36)43-31-15-19-33(20-16-31)47(38(48)41-22-27-9-5-4-6-10-27)32-17-13-28(14-18-32)30-24-42-46(3)25-30/h4-14,17-18,23-26,31,33H,15-16,19-20,22H2,1-3H3,(H,41,48)(H2,40,43,44,45). The molecule has 1 aliphatic carbocycles. The van der Waals surface area contributed by atoms with E-state index in [4.69, 9.17) is 0 Å². The molecule has 12 nitrogen and oxygen atoms in total. The summed E-state index contributed by atoms with van der Waals surface area (Å²) in [5, 5.41) is 23.0. The van der Waals surface area contributed by atoms with Crippen molar-refractivity contribution in [2.75, 3.05) is 15.5 Å². The lowest BCUT2D eigenvalue weighted by molar-refractivity contribution is 0.240. The number of carbonyl (C=O) groups excluding carboxylic acids is 1. The Kier molecular flexibility index (Phi) is 10.6. The zero-order valence-corrected chi connectivity index (χ0v) is 29.6. The molecule has 0 bridgehead atoms. The number of amides is 2. The first-order valence-electron chi connectivity index (χ1n) is 17.0. The van der Waals surface area contributed by atoms with Crippen molar-refractivity contribution in [3.8, 4) is 17.2 Å². The highest BCUT2D eigenvalue weighted by atomic mass is 32.2. The molecule has 1 fully saturated rings. The Morgan fingerprint density at radius 2 is 1.67 bits per heavy atom. The third-order valence-corrected chi connectivity index (χ3v) is 11.3. The van der Waals surface area contributed by atoms with Gasteiger partial charge in [0.05, 0.1) is 28.2 Å². The average Bonchev–Trinajstić information content (AvgIpc) is 3.58. The average molecular weight is 704 g/mol. The van der Waals surface area contributed by atoms with Crippen molar-refractivity contribution < 1.29 is 13.2 Å². The quantitative estimate of drug-likeness (QED) is 0.134. The van der Waals surface area contributed by atoms with Crippen molar-refractivity contribution in [1.82, 2.24) is 25.1 Å².